The first-order chi connectivity index (χ1) is 10.2. The van der Waals surface area contributed by atoms with Gasteiger partial charge in [-0.05, 0) is 36.6 Å². The second kappa shape index (κ2) is 7.31. The molecule has 0 fully saturated rings. The second-order valence-corrected chi connectivity index (χ2v) is 4.87. The van der Waals surface area contributed by atoms with E-state index < -0.39 is 5.97 Å². The van der Waals surface area contributed by atoms with E-state index in [1.54, 1.807) is 36.2 Å². The molecule has 0 aliphatic heterocycles. The van der Waals surface area contributed by atoms with Crippen molar-refractivity contribution < 1.29 is 9.53 Å². The van der Waals surface area contributed by atoms with Gasteiger partial charge >= 0.3 is 5.97 Å². The van der Waals surface area contributed by atoms with Crippen molar-refractivity contribution in [1.82, 2.24) is 4.98 Å². The van der Waals surface area contributed by atoms with E-state index in [9.17, 15) is 4.79 Å². The standard InChI is InChI=1S/C15H13N3O2S/c1-21-12-5-2-4-11(10-12)18-14-13(6-3-8-17-14)15(19)20-9-7-16/h2-6,8,10H,9H2,1H3,(H,17,18). The molecule has 0 atom stereocenters. The lowest BCUT2D eigenvalue weighted by Crippen LogP contribution is -2.09. The minimum atomic E-state index is -0.576. The molecule has 0 bridgehead atoms. The number of thioether (sulfide) groups is 1. The number of nitrogens with one attached hydrogen (secondary N) is 1. The number of esters is 1. The number of aromatic nitrogens is 1. The van der Waals surface area contributed by atoms with Gasteiger partial charge in [0.1, 0.15) is 17.5 Å². The molecule has 1 N–H and O–H groups in total. The molecule has 0 saturated heterocycles. The van der Waals surface area contributed by atoms with Crippen molar-refractivity contribution in [2.45, 2.75) is 4.90 Å². The maximum Gasteiger partial charge on any atom is 0.342 e. The molecule has 21 heavy (non-hydrogen) atoms. The molecule has 0 saturated carbocycles. The van der Waals surface area contributed by atoms with Gasteiger partial charge in [-0.3, -0.25) is 0 Å². The van der Waals surface area contributed by atoms with Crippen LogP contribution in [0.25, 0.3) is 0 Å². The normalized spacial score (nSPS) is 9.71. The Bertz CT molecular complexity index is 683. The minimum Gasteiger partial charge on any atom is -0.447 e. The van der Waals surface area contributed by atoms with Gasteiger partial charge < -0.3 is 10.1 Å². The van der Waals surface area contributed by atoms with Crippen molar-refractivity contribution in [3.05, 3.63) is 48.2 Å². The molecule has 1 aromatic carbocycles. The molecule has 2 rings (SSSR count). The molecule has 6 heteroatoms. The monoisotopic (exact) mass is 299 g/mol. The molecular weight excluding hydrogens is 286 g/mol. The highest BCUT2D eigenvalue weighted by molar-refractivity contribution is 7.98. The Hall–Kier alpha value is -2.52. The number of nitrogens with zero attached hydrogens (tertiary/aromatic N) is 2. The molecule has 0 aliphatic carbocycles. The van der Waals surface area contributed by atoms with E-state index in [-0.39, 0.29) is 6.61 Å². The van der Waals surface area contributed by atoms with Crippen LogP contribution in [-0.2, 0) is 4.74 Å². The Kier molecular flexibility index (Phi) is 5.18. The molecule has 0 spiro atoms. The molecular formula is C15H13N3O2S. The highest BCUT2D eigenvalue weighted by atomic mass is 32.2. The quantitative estimate of drug-likeness (QED) is 0.675. The number of nitriles is 1. The third kappa shape index (κ3) is 3.97. The molecule has 0 radical (unpaired) electrons. The van der Waals surface area contributed by atoms with E-state index in [0.29, 0.717) is 11.4 Å². The molecule has 0 aliphatic rings. The number of anilines is 2. The van der Waals surface area contributed by atoms with Crippen LogP contribution in [0.2, 0.25) is 0 Å². The van der Waals surface area contributed by atoms with Gasteiger partial charge in [0.25, 0.3) is 0 Å². The smallest absolute Gasteiger partial charge is 0.342 e. The lowest BCUT2D eigenvalue weighted by molar-refractivity contribution is 0.0556. The molecule has 1 heterocycles. The number of benzene rings is 1. The summed E-state index contributed by atoms with van der Waals surface area (Å²) in [6.07, 6.45) is 3.58. The van der Waals surface area contributed by atoms with Crippen molar-refractivity contribution in [3.63, 3.8) is 0 Å². The fourth-order valence-corrected chi connectivity index (χ4v) is 2.14. The van der Waals surface area contributed by atoms with E-state index in [1.807, 2.05) is 30.5 Å². The Labute approximate surface area is 127 Å². The Morgan fingerprint density at radius 2 is 2.29 bits per heavy atom. The van der Waals surface area contributed by atoms with Gasteiger partial charge in [0, 0.05) is 16.8 Å². The highest BCUT2D eigenvalue weighted by Gasteiger charge is 2.13. The minimum absolute atomic E-state index is 0.283. The zero-order valence-corrected chi connectivity index (χ0v) is 12.2. The summed E-state index contributed by atoms with van der Waals surface area (Å²) in [6, 6.07) is 12.8. The zero-order chi connectivity index (χ0) is 15.1. The van der Waals surface area contributed by atoms with Crippen molar-refractivity contribution in [2.24, 2.45) is 0 Å². The number of carbonyl (C=O) groups is 1. The van der Waals surface area contributed by atoms with Gasteiger partial charge in [0.2, 0.25) is 0 Å². The molecule has 106 valence electrons. The fraction of sp³-hybridized carbons (Fsp3) is 0.133. The van der Waals surface area contributed by atoms with Crippen molar-refractivity contribution in [2.75, 3.05) is 18.2 Å². The lowest BCUT2D eigenvalue weighted by atomic mass is 10.2. The summed E-state index contributed by atoms with van der Waals surface area (Å²) >= 11 is 1.63. The van der Waals surface area contributed by atoms with Crippen LogP contribution in [0.3, 0.4) is 0 Å². The van der Waals surface area contributed by atoms with Gasteiger partial charge in [0.05, 0.1) is 0 Å². The van der Waals surface area contributed by atoms with Crippen LogP contribution in [-0.4, -0.2) is 23.8 Å². The number of ether oxygens (including phenoxy) is 1. The lowest BCUT2D eigenvalue weighted by Gasteiger charge is -2.10. The second-order valence-electron chi connectivity index (χ2n) is 3.99. The Balaban J connectivity index is 2.23. The summed E-state index contributed by atoms with van der Waals surface area (Å²) in [7, 11) is 0. The largest absolute Gasteiger partial charge is 0.447 e. The molecule has 0 unspecified atom stereocenters. The number of hydrogen-bond donors (Lipinski definition) is 1. The van der Waals surface area contributed by atoms with Crippen molar-refractivity contribution in [1.29, 1.82) is 5.26 Å². The van der Waals surface area contributed by atoms with E-state index in [0.717, 1.165) is 10.6 Å². The van der Waals surface area contributed by atoms with Crippen LogP contribution in [0.5, 0.6) is 0 Å². The number of carbonyl (C=O) groups excluding carboxylic acids is 1. The van der Waals surface area contributed by atoms with Gasteiger partial charge in [-0.25, -0.2) is 9.78 Å². The first-order valence-electron chi connectivity index (χ1n) is 6.14. The maximum absolute atomic E-state index is 11.9. The van der Waals surface area contributed by atoms with E-state index in [1.165, 1.54) is 0 Å². The van der Waals surface area contributed by atoms with Crippen LogP contribution < -0.4 is 5.32 Å². The SMILES string of the molecule is CSc1cccc(Nc2ncccc2C(=O)OCC#N)c1. The van der Waals surface area contributed by atoms with E-state index in [2.05, 4.69) is 10.3 Å². The zero-order valence-electron chi connectivity index (χ0n) is 11.4. The maximum atomic E-state index is 11.9. The summed E-state index contributed by atoms with van der Waals surface area (Å²) in [6.45, 7) is -0.283. The van der Waals surface area contributed by atoms with Crippen LogP contribution in [0, 0.1) is 11.3 Å². The predicted octanol–water partition coefficient (Wildman–Crippen LogP) is 3.23. The molecule has 5 nitrogen and oxygen atoms in total. The first-order valence-corrected chi connectivity index (χ1v) is 7.37. The average molecular weight is 299 g/mol. The van der Waals surface area contributed by atoms with Crippen LogP contribution in [0.4, 0.5) is 11.5 Å². The summed E-state index contributed by atoms with van der Waals surface area (Å²) in [5.41, 5.74) is 1.12. The van der Waals surface area contributed by atoms with Crippen molar-refractivity contribution >= 4 is 29.2 Å². The van der Waals surface area contributed by atoms with Crippen LogP contribution in [0.1, 0.15) is 10.4 Å². The summed E-state index contributed by atoms with van der Waals surface area (Å²) in [4.78, 5) is 17.1. The summed E-state index contributed by atoms with van der Waals surface area (Å²) in [5, 5.41) is 11.6. The predicted molar refractivity (Wildman–Crippen MR) is 81.6 cm³/mol. The van der Waals surface area contributed by atoms with E-state index in [4.69, 9.17) is 10.00 Å². The summed E-state index contributed by atoms with van der Waals surface area (Å²) in [5.74, 6) is -0.174. The van der Waals surface area contributed by atoms with E-state index >= 15 is 0 Å². The first kappa shape index (κ1) is 14.9. The third-order valence-corrected chi connectivity index (χ3v) is 3.35. The van der Waals surface area contributed by atoms with Crippen LogP contribution in [0.15, 0.2) is 47.5 Å². The van der Waals surface area contributed by atoms with Gasteiger partial charge in [-0.2, -0.15) is 5.26 Å². The number of rotatable bonds is 5. The molecule has 1 aromatic heterocycles. The highest BCUT2D eigenvalue weighted by Crippen LogP contribution is 2.23. The van der Waals surface area contributed by atoms with Gasteiger partial charge in [0.15, 0.2) is 6.61 Å². The number of pyridine rings is 1. The third-order valence-electron chi connectivity index (χ3n) is 2.63. The Morgan fingerprint density at radius 1 is 1.43 bits per heavy atom. The Morgan fingerprint density at radius 3 is 3.05 bits per heavy atom. The topological polar surface area (TPSA) is 75.0 Å². The number of hydrogen-bond acceptors (Lipinski definition) is 6. The average Bonchev–Trinajstić information content (AvgIpc) is 2.53. The molecule has 0 amide bonds. The van der Waals surface area contributed by atoms with Gasteiger partial charge in [-0.1, -0.05) is 6.07 Å². The van der Waals surface area contributed by atoms with Gasteiger partial charge in [-0.15, -0.1) is 11.8 Å². The molecule has 2 aromatic rings. The fourth-order valence-electron chi connectivity index (χ4n) is 1.68. The van der Waals surface area contributed by atoms with Crippen LogP contribution >= 0.6 is 11.8 Å². The summed E-state index contributed by atoms with van der Waals surface area (Å²) < 4.78 is 4.82. The van der Waals surface area contributed by atoms with Crippen molar-refractivity contribution in [3.8, 4) is 6.07 Å².